The van der Waals surface area contributed by atoms with Crippen LogP contribution in [0.3, 0.4) is 0 Å². The van der Waals surface area contributed by atoms with Crippen molar-refractivity contribution in [2.24, 2.45) is 0 Å². The Morgan fingerprint density at radius 3 is 1.38 bits per heavy atom. The fraction of sp³-hybridized carbons (Fsp3) is 1.00. The van der Waals surface area contributed by atoms with E-state index in [1.165, 1.54) is 36.4 Å². The average molecular weight is 529 g/mol. The van der Waals surface area contributed by atoms with Gasteiger partial charge >= 0.3 is 0 Å². The van der Waals surface area contributed by atoms with E-state index in [2.05, 4.69) is 37.5 Å². The van der Waals surface area contributed by atoms with Crippen molar-refractivity contribution >= 4 is 40.6 Å². The molecule has 0 unspecified atom stereocenters. The molecule has 10 heteroatoms. The first-order chi connectivity index (χ1) is 15.8. The maximum atomic E-state index is 5.61. The second-order valence-corrected chi connectivity index (χ2v) is 14.0. The number of likely N-dealkylation sites (N-methyl/N-ethyl adjacent to an activating group) is 2. The van der Waals surface area contributed by atoms with Crippen LogP contribution in [-0.4, -0.2) is 119 Å². The molecule has 0 aromatic heterocycles. The van der Waals surface area contributed by atoms with Crippen molar-refractivity contribution in [3.63, 3.8) is 0 Å². The second-order valence-electron chi connectivity index (χ2n) is 7.69. The van der Waals surface area contributed by atoms with Gasteiger partial charge in [-0.2, -0.15) is 0 Å². The molecule has 0 aliphatic heterocycles. The van der Waals surface area contributed by atoms with Crippen LogP contribution >= 0.6 is 21.6 Å². The van der Waals surface area contributed by atoms with Gasteiger partial charge in [0.1, 0.15) is 13.6 Å². The molecule has 0 saturated carbocycles. The van der Waals surface area contributed by atoms with E-state index < -0.39 is 0 Å². The molecule has 0 aromatic rings. The summed E-state index contributed by atoms with van der Waals surface area (Å²) in [5.74, 6) is 2.56. The van der Waals surface area contributed by atoms with Crippen LogP contribution in [0, 0.1) is 0 Å². The minimum atomic E-state index is -0.0721. The molecule has 0 heterocycles. The highest BCUT2D eigenvalue weighted by Gasteiger charge is 2.00. The van der Waals surface area contributed by atoms with Gasteiger partial charge in [0.15, 0.2) is 0 Å². The quantitative estimate of drug-likeness (QED) is 0.0698. The molecule has 0 saturated heterocycles. The zero-order valence-corrected chi connectivity index (χ0v) is 25.9. The van der Waals surface area contributed by atoms with E-state index in [9.17, 15) is 0 Å². The van der Waals surface area contributed by atoms with E-state index in [0.29, 0.717) is 13.6 Å². The highest BCUT2D eigenvalue weighted by Crippen LogP contribution is 2.23. The zero-order valence-electron chi connectivity index (χ0n) is 21.5. The molecule has 0 radical (unpaired) electrons. The normalized spacial score (nSPS) is 12.6. The van der Waals surface area contributed by atoms with Crippen molar-refractivity contribution in [1.82, 2.24) is 9.80 Å². The van der Waals surface area contributed by atoms with Crippen molar-refractivity contribution in [3.8, 4) is 0 Å². The van der Waals surface area contributed by atoms with Crippen molar-refractivity contribution in [3.05, 3.63) is 0 Å². The Labute approximate surface area is 211 Å². The number of rotatable bonds is 27. The number of hydrogen-bond acceptors (Lipinski definition) is 8. The van der Waals surface area contributed by atoms with Crippen LogP contribution in [-0.2, 0) is 18.9 Å². The van der Waals surface area contributed by atoms with Crippen molar-refractivity contribution < 1.29 is 18.9 Å². The van der Waals surface area contributed by atoms with Gasteiger partial charge in [-0.1, -0.05) is 61.4 Å². The minimum absolute atomic E-state index is 0.0721. The maximum absolute atomic E-state index is 5.61. The number of ether oxygens (including phenoxy) is 4. The van der Waals surface area contributed by atoms with Gasteiger partial charge in [-0.3, -0.25) is 0 Å². The molecule has 0 spiro atoms. The summed E-state index contributed by atoms with van der Waals surface area (Å²) < 4.78 is 22.3. The number of nitrogens with zero attached hydrogens (tertiary/aromatic N) is 2. The van der Waals surface area contributed by atoms with Gasteiger partial charge in [0.05, 0.1) is 32.3 Å². The highest BCUT2D eigenvalue weighted by molar-refractivity contribution is 8.76. The summed E-state index contributed by atoms with van der Waals surface area (Å²) in [5, 5.41) is 0. The van der Waals surface area contributed by atoms with Gasteiger partial charge in [0, 0.05) is 37.1 Å². The number of hydrogen-bond donors (Lipinski definition) is 0. The summed E-state index contributed by atoms with van der Waals surface area (Å²) in [6.07, 6.45) is 4.59. The van der Waals surface area contributed by atoms with Gasteiger partial charge in [-0.15, -0.1) is 0 Å². The van der Waals surface area contributed by atoms with E-state index in [1.54, 1.807) is 0 Å². The molecule has 194 valence electrons. The third-order valence-corrected chi connectivity index (χ3v) is 11.1. The smallest absolute Gasteiger partial charge is 0.146 e. The Morgan fingerprint density at radius 2 is 1.00 bits per heavy atom. The largest absolute Gasteiger partial charge is 0.359 e. The zero-order chi connectivity index (χ0) is 23.5. The van der Waals surface area contributed by atoms with E-state index in [-0.39, 0.29) is 19.0 Å². The van der Waals surface area contributed by atoms with Crippen LogP contribution in [0.4, 0.5) is 0 Å². The fourth-order valence-electron chi connectivity index (χ4n) is 3.02. The molecular weight excluding hydrogens is 477 g/mol. The lowest BCUT2D eigenvalue weighted by molar-refractivity contribution is -0.0437. The third kappa shape index (κ3) is 24.0. The van der Waals surface area contributed by atoms with Crippen molar-refractivity contribution in [1.29, 1.82) is 0 Å². The molecule has 0 rings (SSSR count). The lowest BCUT2D eigenvalue weighted by Crippen LogP contribution is -2.27. The molecule has 0 aromatic carbocycles. The molecule has 6 nitrogen and oxygen atoms in total. The summed E-state index contributed by atoms with van der Waals surface area (Å²) in [7, 11) is 3.95. The van der Waals surface area contributed by atoms with E-state index in [1.807, 2.05) is 21.6 Å². The Balaban J connectivity index is 3.09. The summed E-state index contributed by atoms with van der Waals surface area (Å²) in [5.41, 5.74) is 0. The first-order valence-corrected chi connectivity index (χ1v) is 19.3. The molecule has 0 fully saturated rings. The summed E-state index contributed by atoms with van der Waals surface area (Å²) in [4.78, 5) is 4.74. The Hall–Kier alpha value is 0.894. The molecule has 0 aliphatic rings. The summed E-state index contributed by atoms with van der Waals surface area (Å²) in [6, 6.07) is 2.77. The molecule has 32 heavy (non-hydrogen) atoms. The van der Waals surface area contributed by atoms with E-state index >= 15 is 0 Å². The van der Waals surface area contributed by atoms with Crippen LogP contribution in [0.1, 0.15) is 40.5 Å². The average Bonchev–Trinajstić information content (AvgIpc) is 2.82. The minimum Gasteiger partial charge on any atom is -0.359 e. The second kappa shape index (κ2) is 28.1. The topological polar surface area (TPSA) is 43.4 Å². The molecular formula is C22H52N2O4S2Si2. The lowest BCUT2D eigenvalue weighted by Gasteiger charge is -2.17. The SMILES string of the molecule is CCN(CC)CCOCOC[SiH2]CCCSSCCC[SiH2]COCOCCN(CC)CC. The monoisotopic (exact) mass is 528 g/mol. The predicted octanol–water partition coefficient (Wildman–Crippen LogP) is 2.90. The van der Waals surface area contributed by atoms with Gasteiger partial charge in [-0.05, 0) is 39.0 Å². The summed E-state index contributed by atoms with van der Waals surface area (Å²) >= 11 is 0. The Morgan fingerprint density at radius 1 is 0.594 bits per heavy atom. The van der Waals surface area contributed by atoms with Crippen LogP contribution in [0.15, 0.2) is 0 Å². The fourth-order valence-corrected chi connectivity index (χ4v) is 8.30. The molecule has 0 bridgehead atoms. The Kier molecular flexibility index (Phi) is 28.9. The van der Waals surface area contributed by atoms with Crippen molar-refractivity contribution in [2.45, 2.75) is 52.6 Å². The van der Waals surface area contributed by atoms with Gasteiger partial charge in [0.25, 0.3) is 0 Å². The van der Waals surface area contributed by atoms with Crippen LogP contribution < -0.4 is 0 Å². The third-order valence-electron chi connectivity index (χ3n) is 5.34. The first kappa shape index (κ1) is 32.9. The van der Waals surface area contributed by atoms with Gasteiger partial charge < -0.3 is 28.7 Å². The van der Waals surface area contributed by atoms with Crippen LogP contribution in [0.5, 0.6) is 0 Å². The molecule has 0 aliphatic carbocycles. The maximum Gasteiger partial charge on any atom is 0.146 e. The molecule has 0 N–H and O–H groups in total. The van der Waals surface area contributed by atoms with Gasteiger partial charge in [-0.25, -0.2) is 0 Å². The Bertz CT molecular complexity index is 328. The predicted molar refractivity (Wildman–Crippen MR) is 150 cm³/mol. The van der Waals surface area contributed by atoms with E-state index in [4.69, 9.17) is 18.9 Å². The first-order valence-electron chi connectivity index (χ1n) is 12.8. The standard InChI is InChI=1S/C22H52N2O4S2Si2/c1-5-23(6-2)11-13-25-19-27-21-31-17-9-15-29-30-16-10-18-32-22-28-20-26-14-12-24(7-3)8-4/h5-22,31-32H2,1-4H3. The van der Waals surface area contributed by atoms with Crippen molar-refractivity contribution in [2.75, 3.05) is 90.0 Å². The highest BCUT2D eigenvalue weighted by atomic mass is 33.1. The molecule has 0 atom stereocenters. The lowest BCUT2D eigenvalue weighted by atomic mass is 10.5. The van der Waals surface area contributed by atoms with E-state index in [0.717, 1.165) is 64.9 Å². The summed E-state index contributed by atoms with van der Waals surface area (Å²) in [6.45, 7) is 17.6. The van der Waals surface area contributed by atoms with Crippen LogP contribution in [0.2, 0.25) is 12.1 Å². The molecule has 0 amide bonds. The van der Waals surface area contributed by atoms with Gasteiger partial charge in [0.2, 0.25) is 0 Å². The van der Waals surface area contributed by atoms with Crippen LogP contribution in [0.25, 0.3) is 0 Å².